The molecule has 0 unspecified atom stereocenters. The number of thiophene rings is 1. The molecule has 0 atom stereocenters. The summed E-state index contributed by atoms with van der Waals surface area (Å²) in [5.74, 6) is 2.16. The smallest absolute Gasteiger partial charge is 0.409 e. The number of carbonyl (C=O) groups is 2. The Balaban J connectivity index is 1.50. The topological polar surface area (TPSA) is 80.6 Å². The Morgan fingerprint density at radius 1 is 1.21 bits per heavy atom. The quantitative estimate of drug-likeness (QED) is 0.771. The zero-order chi connectivity index (χ0) is 19.3. The fraction of sp³-hybridized carbons (Fsp3) is 0.579. The highest BCUT2D eigenvalue weighted by Gasteiger charge is 2.47. The average molecular weight is 401 g/mol. The van der Waals surface area contributed by atoms with Gasteiger partial charge in [0.1, 0.15) is 0 Å². The molecular formula is C19H23N5O3S. The van der Waals surface area contributed by atoms with Gasteiger partial charge in [-0.3, -0.25) is 9.69 Å². The van der Waals surface area contributed by atoms with E-state index in [-0.39, 0.29) is 23.5 Å². The summed E-state index contributed by atoms with van der Waals surface area (Å²) in [5, 5.41) is 10.9. The van der Waals surface area contributed by atoms with Crippen molar-refractivity contribution in [1.82, 2.24) is 24.6 Å². The second kappa shape index (κ2) is 6.58. The van der Waals surface area contributed by atoms with E-state index < -0.39 is 0 Å². The first-order valence-electron chi connectivity index (χ1n) is 9.72. The summed E-state index contributed by atoms with van der Waals surface area (Å²) in [4.78, 5) is 29.6. The molecule has 9 heteroatoms. The number of hydrogen-bond donors (Lipinski definition) is 0. The molecule has 28 heavy (non-hydrogen) atoms. The highest BCUT2D eigenvalue weighted by molar-refractivity contribution is 7.13. The van der Waals surface area contributed by atoms with Crippen molar-refractivity contribution in [3.8, 4) is 10.7 Å². The number of fused-ring (bicyclic) bond motifs is 2. The fourth-order valence-electron chi connectivity index (χ4n) is 4.51. The van der Waals surface area contributed by atoms with E-state index in [0.29, 0.717) is 26.2 Å². The molecule has 8 nitrogen and oxygen atoms in total. The predicted octanol–water partition coefficient (Wildman–Crippen LogP) is 2.32. The second-order valence-electron chi connectivity index (χ2n) is 7.90. The SMILES string of the molecule is COC(=O)N1Cc2nnc(-c3cccs3)n2C2(CCN(C(=O)C3CC3)CC2)C1. The van der Waals surface area contributed by atoms with Gasteiger partial charge in [0.2, 0.25) is 5.91 Å². The minimum absolute atomic E-state index is 0.235. The molecule has 2 aliphatic heterocycles. The van der Waals surface area contributed by atoms with Crippen LogP contribution in [0, 0.1) is 5.92 Å². The minimum Gasteiger partial charge on any atom is -0.453 e. The lowest BCUT2D eigenvalue weighted by molar-refractivity contribution is -0.135. The Morgan fingerprint density at radius 2 is 2.00 bits per heavy atom. The predicted molar refractivity (Wildman–Crippen MR) is 103 cm³/mol. The van der Waals surface area contributed by atoms with E-state index in [1.807, 2.05) is 22.4 Å². The van der Waals surface area contributed by atoms with Gasteiger partial charge in [-0.2, -0.15) is 0 Å². The summed E-state index contributed by atoms with van der Waals surface area (Å²) in [7, 11) is 1.41. The van der Waals surface area contributed by atoms with Gasteiger partial charge < -0.3 is 14.2 Å². The maximum Gasteiger partial charge on any atom is 0.409 e. The monoisotopic (exact) mass is 401 g/mol. The molecule has 5 rings (SSSR count). The first-order valence-corrected chi connectivity index (χ1v) is 10.6. The minimum atomic E-state index is -0.345. The molecular weight excluding hydrogens is 378 g/mol. The number of nitrogens with zero attached hydrogens (tertiary/aromatic N) is 5. The molecule has 0 radical (unpaired) electrons. The van der Waals surface area contributed by atoms with Gasteiger partial charge in [-0.1, -0.05) is 6.07 Å². The standard InChI is InChI=1S/C19H23N5O3S/c1-27-18(26)23-11-15-20-21-16(14-3-2-10-28-14)24(15)19(12-23)6-8-22(9-7-19)17(25)13-4-5-13/h2-3,10,13H,4-9,11-12H2,1H3. The molecule has 1 aliphatic carbocycles. The molecule has 2 fully saturated rings. The third kappa shape index (κ3) is 2.80. The molecule has 2 aromatic rings. The van der Waals surface area contributed by atoms with Gasteiger partial charge in [-0.25, -0.2) is 4.79 Å². The zero-order valence-electron chi connectivity index (χ0n) is 15.8. The first kappa shape index (κ1) is 17.7. The van der Waals surface area contributed by atoms with Crippen molar-refractivity contribution in [3.63, 3.8) is 0 Å². The molecule has 2 amide bonds. The Labute approximate surface area is 167 Å². The molecule has 1 saturated heterocycles. The van der Waals surface area contributed by atoms with Crippen LogP contribution in [0.15, 0.2) is 17.5 Å². The van der Waals surface area contributed by atoms with Crippen molar-refractivity contribution in [2.24, 2.45) is 5.92 Å². The van der Waals surface area contributed by atoms with Crippen molar-refractivity contribution in [2.45, 2.75) is 37.8 Å². The summed E-state index contributed by atoms with van der Waals surface area (Å²) < 4.78 is 7.22. The third-order valence-corrected chi connectivity index (χ3v) is 6.99. The second-order valence-corrected chi connectivity index (χ2v) is 8.85. The van der Waals surface area contributed by atoms with E-state index >= 15 is 0 Å². The van der Waals surface area contributed by atoms with Gasteiger partial charge in [-0.05, 0) is 37.1 Å². The first-order chi connectivity index (χ1) is 13.6. The van der Waals surface area contributed by atoms with Crippen LogP contribution in [0.3, 0.4) is 0 Å². The van der Waals surface area contributed by atoms with E-state index in [1.54, 1.807) is 16.2 Å². The van der Waals surface area contributed by atoms with Gasteiger partial charge in [0.25, 0.3) is 0 Å². The fourth-order valence-corrected chi connectivity index (χ4v) is 5.21. The van der Waals surface area contributed by atoms with Crippen molar-refractivity contribution in [3.05, 3.63) is 23.3 Å². The maximum atomic E-state index is 12.5. The number of piperidine rings is 1. The number of ether oxygens (including phenoxy) is 1. The van der Waals surface area contributed by atoms with E-state index in [1.165, 1.54) is 7.11 Å². The van der Waals surface area contributed by atoms with Crippen molar-refractivity contribution in [2.75, 3.05) is 26.7 Å². The summed E-state index contributed by atoms with van der Waals surface area (Å²) in [6.45, 7) is 2.34. The van der Waals surface area contributed by atoms with Crippen LogP contribution in [0.2, 0.25) is 0 Å². The number of amides is 2. The highest BCUT2D eigenvalue weighted by Crippen LogP contribution is 2.41. The molecule has 3 aliphatic rings. The molecule has 1 spiro atoms. The molecule has 1 saturated carbocycles. The lowest BCUT2D eigenvalue weighted by Gasteiger charge is -2.48. The maximum absolute atomic E-state index is 12.5. The van der Waals surface area contributed by atoms with E-state index in [2.05, 4.69) is 14.8 Å². The van der Waals surface area contributed by atoms with Crippen molar-refractivity contribution >= 4 is 23.3 Å². The van der Waals surface area contributed by atoms with Gasteiger partial charge >= 0.3 is 6.09 Å². The van der Waals surface area contributed by atoms with Gasteiger partial charge in [0, 0.05) is 25.6 Å². The Hall–Kier alpha value is -2.42. The van der Waals surface area contributed by atoms with E-state index in [4.69, 9.17) is 4.74 Å². The van der Waals surface area contributed by atoms with Crippen LogP contribution < -0.4 is 0 Å². The number of carbonyl (C=O) groups excluding carboxylic acids is 2. The highest BCUT2D eigenvalue weighted by atomic mass is 32.1. The lowest BCUT2D eigenvalue weighted by Crippen LogP contribution is -2.57. The number of rotatable bonds is 2. The van der Waals surface area contributed by atoms with Crippen LogP contribution in [0.5, 0.6) is 0 Å². The number of methoxy groups -OCH3 is 1. The molecule has 148 valence electrons. The molecule has 0 N–H and O–H groups in total. The molecule has 4 heterocycles. The van der Waals surface area contributed by atoms with Gasteiger partial charge in [0.05, 0.1) is 24.1 Å². The Bertz CT molecular complexity index is 897. The summed E-state index contributed by atoms with van der Waals surface area (Å²) in [6, 6.07) is 4.06. The van der Waals surface area contributed by atoms with Crippen molar-refractivity contribution < 1.29 is 14.3 Å². The molecule has 0 aromatic carbocycles. The normalized spacial score (nSPS) is 20.9. The molecule has 0 bridgehead atoms. The molecule has 2 aromatic heterocycles. The van der Waals surface area contributed by atoms with Gasteiger partial charge in [0.15, 0.2) is 11.6 Å². The summed E-state index contributed by atoms with van der Waals surface area (Å²) in [5.41, 5.74) is -0.315. The van der Waals surface area contributed by atoms with Crippen LogP contribution in [0.1, 0.15) is 31.5 Å². The van der Waals surface area contributed by atoms with E-state index in [0.717, 1.165) is 42.2 Å². The Morgan fingerprint density at radius 3 is 2.64 bits per heavy atom. The van der Waals surface area contributed by atoms with Crippen molar-refractivity contribution in [1.29, 1.82) is 0 Å². The van der Waals surface area contributed by atoms with E-state index in [9.17, 15) is 9.59 Å². The zero-order valence-corrected chi connectivity index (χ0v) is 16.7. The van der Waals surface area contributed by atoms with Gasteiger partial charge in [-0.15, -0.1) is 21.5 Å². The average Bonchev–Trinajstić information content (AvgIpc) is 3.24. The lowest BCUT2D eigenvalue weighted by atomic mass is 9.84. The van der Waals surface area contributed by atoms with Crippen LogP contribution in [-0.2, 0) is 21.6 Å². The number of likely N-dealkylation sites (tertiary alicyclic amines) is 1. The largest absolute Gasteiger partial charge is 0.453 e. The Kier molecular flexibility index (Phi) is 4.15. The third-order valence-electron chi connectivity index (χ3n) is 6.13. The summed E-state index contributed by atoms with van der Waals surface area (Å²) in [6.07, 6.45) is 3.26. The van der Waals surface area contributed by atoms with Crippen LogP contribution in [0.25, 0.3) is 10.7 Å². The number of aromatic nitrogens is 3. The van der Waals surface area contributed by atoms with Crippen LogP contribution >= 0.6 is 11.3 Å². The summed E-state index contributed by atoms with van der Waals surface area (Å²) >= 11 is 1.64. The number of hydrogen-bond acceptors (Lipinski definition) is 6. The van der Waals surface area contributed by atoms with Crippen LogP contribution in [0.4, 0.5) is 4.79 Å². The van der Waals surface area contributed by atoms with Crippen LogP contribution in [-0.4, -0.2) is 63.3 Å².